The molecule has 0 unspecified atom stereocenters. The topological polar surface area (TPSA) is 202 Å². The number of hydrogen-bond acceptors (Lipinski definition) is 17. The number of hydrogen-bond donors (Lipinski definition) is 0. The number of carbonyl (C=O) groups is 6. The standard InChI is InChI=1S/C67H77NO15S/c1-5-59(69)77-39-17-13-9-7-11-15-37-75-50-27-31-52(32-28-50)79-64(71)46-19-23-48(24-20-46)66(73)82-55-35-36-56(62-61(55)68-63(84-62)58-43-54-45(4)41-44(3)42-57(54)81-58)83-67(74)49-25-21-47(22-26-49)65(72)80-53-33-29-51(30-34-53)76-38-16-12-8-10-14-18-40-78-60(70)6-2/h5-6,27-36,41-43,46-49H,1-2,7-26,37-40H2,3-4H3/t46-,47-,48-,49-. The van der Waals surface area contributed by atoms with Gasteiger partial charge >= 0.3 is 35.8 Å². The number of unbranched alkanes of at least 4 members (excludes halogenated alkanes) is 10. The number of aromatic nitrogens is 1. The predicted octanol–water partition coefficient (Wildman–Crippen LogP) is 14.9. The van der Waals surface area contributed by atoms with Crippen LogP contribution >= 0.6 is 11.3 Å². The molecule has 0 saturated heterocycles. The molecule has 4 aromatic carbocycles. The summed E-state index contributed by atoms with van der Waals surface area (Å²) in [5, 5.41) is 1.46. The lowest BCUT2D eigenvalue weighted by atomic mass is 9.82. The fraction of sp³-hybridized carbons (Fsp3) is 0.448. The summed E-state index contributed by atoms with van der Waals surface area (Å²) in [6.45, 7) is 12.8. The Bertz CT molecular complexity index is 3030. The third kappa shape index (κ3) is 18.4. The average molecular weight is 1170 g/mol. The van der Waals surface area contributed by atoms with Crippen LogP contribution in [0.2, 0.25) is 0 Å². The number of thiazole rings is 1. The molecule has 0 amide bonds. The fourth-order valence-electron chi connectivity index (χ4n) is 10.6. The van der Waals surface area contributed by atoms with Gasteiger partial charge in [0.1, 0.15) is 38.8 Å². The number of furan rings is 1. The van der Waals surface area contributed by atoms with Crippen molar-refractivity contribution in [3.63, 3.8) is 0 Å². The number of benzene rings is 4. The summed E-state index contributed by atoms with van der Waals surface area (Å²) in [4.78, 5) is 81.6. The molecule has 0 spiro atoms. The summed E-state index contributed by atoms with van der Waals surface area (Å²) in [6, 6.07) is 23.3. The first-order valence-electron chi connectivity index (χ1n) is 29.7. The van der Waals surface area contributed by atoms with E-state index in [-0.39, 0.29) is 47.2 Å². The number of nitrogens with zero attached hydrogens (tertiary/aromatic N) is 1. The summed E-state index contributed by atoms with van der Waals surface area (Å²) in [7, 11) is 0. The van der Waals surface area contributed by atoms with Crippen LogP contribution in [-0.2, 0) is 38.2 Å². The van der Waals surface area contributed by atoms with Crippen molar-refractivity contribution in [2.45, 2.75) is 142 Å². The molecule has 2 fully saturated rings. The van der Waals surface area contributed by atoms with Crippen LogP contribution in [0.25, 0.3) is 32.0 Å². The smallest absolute Gasteiger partial charge is 0.330 e. The Balaban J connectivity index is 0.794. The van der Waals surface area contributed by atoms with Crippen molar-refractivity contribution in [2.24, 2.45) is 23.7 Å². The van der Waals surface area contributed by atoms with Gasteiger partial charge in [0.05, 0.1) is 50.1 Å². The molecule has 16 nitrogen and oxygen atoms in total. The van der Waals surface area contributed by atoms with Gasteiger partial charge in [-0.25, -0.2) is 14.6 Å². The molecule has 6 aromatic rings. The monoisotopic (exact) mass is 1170 g/mol. The van der Waals surface area contributed by atoms with Gasteiger partial charge in [-0.05, 0) is 175 Å². The van der Waals surface area contributed by atoms with Crippen LogP contribution in [0.15, 0.2) is 109 Å². The Hall–Kier alpha value is -7.79. The molecule has 0 bridgehead atoms. The zero-order chi connectivity index (χ0) is 59.2. The van der Waals surface area contributed by atoms with E-state index in [1.165, 1.54) is 23.5 Å². The normalized spacial score (nSPS) is 16.7. The highest BCUT2D eigenvalue weighted by molar-refractivity contribution is 7.22. The largest absolute Gasteiger partial charge is 0.494 e. The highest BCUT2D eigenvalue weighted by atomic mass is 32.1. The highest BCUT2D eigenvalue weighted by Crippen LogP contribution is 2.44. The van der Waals surface area contributed by atoms with Gasteiger partial charge in [0.25, 0.3) is 0 Å². The molecule has 0 atom stereocenters. The van der Waals surface area contributed by atoms with Gasteiger partial charge in [0.2, 0.25) is 0 Å². The van der Waals surface area contributed by atoms with E-state index in [1.54, 1.807) is 60.7 Å². The Morgan fingerprint density at radius 1 is 0.500 bits per heavy atom. The molecule has 2 aliphatic carbocycles. The minimum Gasteiger partial charge on any atom is -0.494 e. The number of fused-ring (bicyclic) bond motifs is 2. The predicted molar refractivity (Wildman–Crippen MR) is 319 cm³/mol. The van der Waals surface area contributed by atoms with Gasteiger partial charge < -0.3 is 42.3 Å². The summed E-state index contributed by atoms with van der Waals surface area (Å²) in [5.74, 6) is -0.747. The van der Waals surface area contributed by atoms with Crippen LogP contribution in [0.5, 0.6) is 34.5 Å². The molecule has 2 aliphatic rings. The molecule has 0 N–H and O–H groups in total. The van der Waals surface area contributed by atoms with Gasteiger partial charge in [-0.1, -0.05) is 70.6 Å². The first kappa shape index (κ1) is 62.3. The zero-order valence-electron chi connectivity index (χ0n) is 48.3. The first-order valence-corrected chi connectivity index (χ1v) is 30.5. The Labute approximate surface area is 495 Å². The Kier molecular flexibility index (Phi) is 23.5. The van der Waals surface area contributed by atoms with Crippen molar-refractivity contribution in [2.75, 3.05) is 26.4 Å². The van der Waals surface area contributed by atoms with Crippen molar-refractivity contribution >= 4 is 68.3 Å². The van der Waals surface area contributed by atoms with Crippen LogP contribution in [0.3, 0.4) is 0 Å². The SMILES string of the molecule is C=CC(=O)OCCCCCCCCOc1ccc(OC(=O)[C@H]2CC[C@H](C(=O)Oc3ccc(OC(=O)[C@H]4CC[C@H](C(=O)Oc5ccc(OCCCCCCCCOC(=O)C=C)cc5)CC4)c4sc(-c5cc6c(C)cc(C)cc6o5)nc34)CC2)cc1. The molecule has 2 saturated carbocycles. The maximum absolute atomic E-state index is 13.9. The minimum absolute atomic E-state index is 0.217. The summed E-state index contributed by atoms with van der Waals surface area (Å²) < 4.78 is 52.4. The molecule has 2 heterocycles. The van der Waals surface area contributed by atoms with E-state index in [9.17, 15) is 28.8 Å². The third-order valence-corrected chi connectivity index (χ3v) is 16.5. The lowest BCUT2D eigenvalue weighted by Gasteiger charge is -2.26. The molecule has 17 heteroatoms. The van der Waals surface area contributed by atoms with Crippen molar-refractivity contribution in [1.82, 2.24) is 4.98 Å². The van der Waals surface area contributed by atoms with Crippen molar-refractivity contribution < 1.29 is 71.1 Å². The van der Waals surface area contributed by atoms with Gasteiger partial charge in [-0.2, -0.15) is 0 Å². The van der Waals surface area contributed by atoms with Crippen LogP contribution in [0, 0.1) is 37.5 Å². The van der Waals surface area contributed by atoms with E-state index in [4.69, 9.17) is 47.3 Å². The highest BCUT2D eigenvalue weighted by Gasteiger charge is 2.35. The Morgan fingerprint density at radius 2 is 0.893 bits per heavy atom. The first-order chi connectivity index (χ1) is 40.8. The molecule has 446 valence electrons. The van der Waals surface area contributed by atoms with Gasteiger partial charge in [0, 0.05) is 17.5 Å². The van der Waals surface area contributed by atoms with Crippen LogP contribution in [0.4, 0.5) is 0 Å². The second-order valence-corrected chi connectivity index (χ2v) is 22.8. The van der Waals surface area contributed by atoms with Gasteiger partial charge in [0.15, 0.2) is 22.3 Å². The maximum Gasteiger partial charge on any atom is 0.330 e. The lowest BCUT2D eigenvalue weighted by molar-refractivity contribution is -0.145. The molecule has 8 rings (SSSR count). The van der Waals surface area contributed by atoms with E-state index in [1.807, 2.05) is 26.0 Å². The second kappa shape index (κ2) is 31.8. The third-order valence-electron chi connectivity index (χ3n) is 15.4. The molecule has 0 aliphatic heterocycles. The Morgan fingerprint density at radius 3 is 1.35 bits per heavy atom. The van der Waals surface area contributed by atoms with E-state index in [0.29, 0.717) is 127 Å². The quantitative estimate of drug-likeness (QED) is 0.0172. The zero-order valence-corrected chi connectivity index (χ0v) is 49.2. The molecular weight excluding hydrogens is 1090 g/mol. The van der Waals surface area contributed by atoms with E-state index in [2.05, 4.69) is 19.2 Å². The molecule has 2 aromatic heterocycles. The fourth-order valence-corrected chi connectivity index (χ4v) is 11.6. The van der Waals surface area contributed by atoms with E-state index >= 15 is 0 Å². The van der Waals surface area contributed by atoms with Crippen molar-refractivity contribution in [3.8, 4) is 45.3 Å². The average Bonchev–Trinajstić information content (AvgIpc) is 3.77. The number of ether oxygens (including phenoxy) is 8. The summed E-state index contributed by atoms with van der Waals surface area (Å²) in [6.07, 6.45) is 17.7. The minimum atomic E-state index is -0.461. The van der Waals surface area contributed by atoms with Crippen molar-refractivity contribution in [1.29, 1.82) is 0 Å². The second-order valence-electron chi connectivity index (χ2n) is 21.8. The van der Waals surface area contributed by atoms with Crippen molar-refractivity contribution in [3.05, 3.63) is 115 Å². The maximum atomic E-state index is 13.9. The number of esters is 6. The lowest BCUT2D eigenvalue weighted by Crippen LogP contribution is -2.30. The van der Waals surface area contributed by atoms with Crippen LogP contribution < -0.4 is 28.4 Å². The number of aryl methyl sites for hydroxylation is 2. The van der Waals surface area contributed by atoms with Gasteiger partial charge in [-0.3, -0.25) is 19.2 Å². The van der Waals surface area contributed by atoms with E-state index in [0.717, 1.165) is 93.6 Å². The molecule has 84 heavy (non-hydrogen) atoms. The van der Waals surface area contributed by atoms with E-state index < -0.39 is 23.8 Å². The van der Waals surface area contributed by atoms with Gasteiger partial charge in [-0.15, -0.1) is 11.3 Å². The summed E-state index contributed by atoms with van der Waals surface area (Å²) >= 11 is 1.27. The number of carbonyl (C=O) groups excluding carboxylic acids is 6. The summed E-state index contributed by atoms with van der Waals surface area (Å²) in [5.41, 5.74) is 3.18. The van der Waals surface area contributed by atoms with Crippen LogP contribution in [0.1, 0.15) is 140 Å². The number of rotatable bonds is 31. The molecular formula is C67H77NO15S. The molecule has 0 radical (unpaired) electrons. The van der Waals surface area contributed by atoms with Crippen LogP contribution in [-0.4, -0.2) is 67.2 Å².